The summed E-state index contributed by atoms with van der Waals surface area (Å²) < 4.78 is 0. The summed E-state index contributed by atoms with van der Waals surface area (Å²) in [5, 5.41) is 0. The van der Waals surface area contributed by atoms with Crippen molar-refractivity contribution in [2.45, 2.75) is 31.7 Å². The molecule has 0 aromatic heterocycles. The number of piperidine rings is 1. The van der Waals surface area contributed by atoms with Gasteiger partial charge in [-0.05, 0) is 24.8 Å². The first-order valence-electron chi connectivity index (χ1n) is 6.37. The Labute approximate surface area is 103 Å². The molecular weight excluding hydrogens is 212 g/mol. The number of hydrogen-bond acceptors (Lipinski definition) is 2. The Kier molecular flexibility index (Phi) is 4.15. The van der Waals surface area contributed by atoms with E-state index in [1.807, 2.05) is 23.1 Å². The van der Waals surface area contributed by atoms with E-state index in [-0.39, 0.29) is 11.9 Å². The minimum Gasteiger partial charge on any atom is -0.336 e. The summed E-state index contributed by atoms with van der Waals surface area (Å²) >= 11 is 0. The van der Waals surface area contributed by atoms with E-state index in [0.717, 1.165) is 19.4 Å². The van der Waals surface area contributed by atoms with Gasteiger partial charge in [0, 0.05) is 19.5 Å². The van der Waals surface area contributed by atoms with Gasteiger partial charge in [-0.3, -0.25) is 4.79 Å². The second-order valence-corrected chi connectivity index (χ2v) is 4.55. The molecule has 0 spiro atoms. The number of nitrogens with two attached hydrogens (primary N) is 1. The molecular formula is C14H20N2O. The highest BCUT2D eigenvalue weighted by Gasteiger charge is 2.26. The molecule has 1 aromatic rings. The molecule has 3 nitrogen and oxygen atoms in total. The SMILES string of the molecule is NCCC(=O)N1CCCCC1c1ccccc1. The standard InChI is InChI=1S/C14H20N2O/c15-10-9-14(17)16-11-5-4-8-13(16)12-6-2-1-3-7-12/h1-3,6-7,13H,4-5,8-11,15H2. The van der Waals surface area contributed by atoms with Crippen LogP contribution in [0.25, 0.3) is 0 Å². The van der Waals surface area contributed by atoms with Crippen LogP contribution < -0.4 is 5.73 Å². The van der Waals surface area contributed by atoms with E-state index in [4.69, 9.17) is 5.73 Å². The second kappa shape index (κ2) is 5.82. The number of benzene rings is 1. The maximum atomic E-state index is 12.0. The molecule has 1 amide bonds. The zero-order chi connectivity index (χ0) is 12.1. The minimum absolute atomic E-state index is 0.195. The van der Waals surface area contributed by atoms with E-state index < -0.39 is 0 Å². The van der Waals surface area contributed by atoms with Gasteiger partial charge in [-0.2, -0.15) is 0 Å². The summed E-state index contributed by atoms with van der Waals surface area (Å²) in [5.41, 5.74) is 6.72. The van der Waals surface area contributed by atoms with Crippen LogP contribution in [0.4, 0.5) is 0 Å². The van der Waals surface area contributed by atoms with Gasteiger partial charge in [0.1, 0.15) is 0 Å². The number of hydrogen-bond donors (Lipinski definition) is 1. The maximum Gasteiger partial charge on any atom is 0.224 e. The fraction of sp³-hybridized carbons (Fsp3) is 0.500. The molecule has 0 radical (unpaired) electrons. The minimum atomic E-state index is 0.195. The Morgan fingerprint density at radius 3 is 2.76 bits per heavy atom. The quantitative estimate of drug-likeness (QED) is 0.867. The summed E-state index contributed by atoms with van der Waals surface area (Å²) in [6.07, 6.45) is 3.84. The molecule has 1 fully saturated rings. The molecule has 1 heterocycles. The Hall–Kier alpha value is -1.35. The van der Waals surface area contributed by atoms with Crippen molar-refractivity contribution in [3.05, 3.63) is 35.9 Å². The van der Waals surface area contributed by atoms with Crippen molar-refractivity contribution in [2.24, 2.45) is 5.73 Å². The highest BCUT2D eigenvalue weighted by atomic mass is 16.2. The van der Waals surface area contributed by atoms with Gasteiger partial charge in [0.05, 0.1) is 6.04 Å². The average molecular weight is 232 g/mol. The molecule has 1 aliphatic rings. The predicted octanol–water partition coefficient (Wildman–Crippen LogP) is 2.09. The van der Waals surface area contributed by atoms with E-state index in [1.165, 1.54) is 12.0 Å². The molecule has 1 saturated heterocycles. The highest BCUT2D eigenvalue weighted by molar-refractivity contribution is 5.77. The van der Waals surface area contributed by atoms with E-state index >= 15 is 0 Å². The smallest absolute Gasteiger partial charge is 0.224 e. The van der Waals surface area contributed by atoms with Crippen LogP contribution in [-0.4, -0.2) is 23.9 Å². The van der Waals surface area contributed by atoms with Gasteiger partial charge in [-0.1, -0.05) is 30.3 Å². The lowest BCUT2D eigenvalue weighted by molar-refractivity contribution is -0.134. The Bertz CT molecular complexity index is 364. The number of carbonyl (C=O) groups is 1. The first-order valence-corrected chi connectivity index (χ1v) is 6.37. The average Bonchev–Trinajstić information content (AvgIpc) is 2.40. The van der Waals surface area contributed by atoms with Crippen molar-refractivity contribution in [1.29, 1.82) is 0 Å². The summed E-state index contributed by atoms with van der Waals surface area (Å²) in [4.78, 5) is 14.0. The van der Waals surface area contributed by atoms with E-state index in [2.05, 4.69) is 12.1 Å². The molecule has 0 saturated carbocycles. The van der Waals surface area contributed by atoms with Gasteiger partial charge in [0.2, 0.25) is 5.91 Å². The van der Waals surface area contributed by atoms with Gasteiger partial charge in [0.15, 0.2) is 0 Å². The van der Waals surface area contributed by atoms with Gasteiger partial charge >= 0.3 is 0 Å². The first kappa shape index (κ1) is 12.1. The molecule has 1 unspecified atom stereocenters. The van der Waals surface area contributed by atoms with E-state index in [1.54, 1.807) is 0 Å². The number of carbonyl (C=O) groups excluding carboxylic acids is 1. The lowest BCUT2D eigenvalue weighted by Gasteiger charge is -2.36. The Morgan fingerprint density at radius 2 is 2.06 bits per heavy atom. The van der Waals surface area contributed by atoms with Crippen molar-refractivity contribution in [3.63, 3.8) is 0 Å². The van der Waals surface area contributed by atoms with Crippen LogP contribution in [0, 0.1) is 0 Å². The molecule has 0 aliphatic carbocycles. The molecule has 1 atom stereocenters. The van der Waals surface area contributed by atoms with Crippen molar-refractivity contribution in [3.8, 4) is 0 Å². The van der Waals surface area contributed by atoms with Gasteiger partial charge < -0.3 is 10.6 Å². The molecule has 2 N–H and O–H groups in total. The third-order valence-corrected chi connectivity index (χ3v) is 3.37. The van der Waals surface area contributed by atoms with Crippen LogP contribution in [0.5, 0.6) is 0 Å². The van der Waals surface area contributed by atoms with Crippen LogP contribution in [0.3, 0.4) is 0 Å². The van der Waals surface area contributed by atoms with Crippen LogP contribution in [-0.2, 0) is 4.79 Å². The lowest BCUT2D eigenvalue weighted by atomic mass is 9.95. The zero-order valence-corrected chi connectivity index (χ0v) is 10.1. The van der Waals surface area contributed by atoms with E-state index in [9.17, 15) is 4.79 Å². The van der Waals surface area contributed by atoms with Crippen LogP contribution >= 0.6 is 0 Å². The Balaban J connectivity index is 2.15. The van der Waals surface area contributed by atoms with Gasteiger partial charge in [-0.25, -0.2) is 0 Å². The maximum absolute atomic E-state index is 12.0. The largest absolute Gasteiger partial charge is 0.336 e. The molecule has 1 aromatic carbocycles. The van der Waals surface area contributed by atoms with Crippen LogP contribution in [0.15, 0.2) is 30.3 Å². The topological polar surface area (TPSA) is 46.3 Å². The van der Waals surface area contributed by atoms with Crippen molar-refractivity contribution in [1.82, 2.24) is 4.90 Å². The van der Waals surface area contributed by atoms with E-state index in [0.29, 0.717) is 13.0 Å². The lowest BCUT2D eigenvalue weighted by Crippen LogP contribution is -2.39. The predicted molar refractivity (Wildman–Crippen MR) is 68.4 cm³/mol. The first-order chi connectivity index (χ1) is 8.33. The molecule has 17 heavy (non-hydrogen) atoms. The summed E-state index contributed by atoms with van der Waals surface area (Å²) in [6, 6.07) is 10.6. The van der Waals surface area contributed by atoms with Gasteiger partial charge in [-0.15, -0.1) is 0 Å². The van der Waals surface area contributed by atoms with Crippen LogP contribution in [0.2, 0.25) is 0 Å². The zero-order valence-electron chi connectivity index (χ0n) is 10.1. The molecule has 2 rings (SSSR count). The number of amides is 1. The Morgan fingerprint density at radius 1 is 1.29 bits per heavy atom. The summed E-state index contributed by atoms with van der Waals surface area (Å²) in [7, 11) is 0. The van der Waals surface area contributed by atoms with Crippen LogP contribution in [0.1, 0.15) is 37.3 Å². The second-order valence-electron chi connectivity index (χ2n) is 4.55. The van der Waals surface area contributed by atoms with Crippen molar-refractivity contribution < 1.29 is 4.79 Å². The summed E-state index contributed by atoms with van der Waals surface area (Å²) in [6.45, 7) is 1.31. The molecule has 0 bridgehead atoms. The highest BCUT2D eigenvalue weighted by Crippen LogP contribution is 2.30. The van der Waals surface area contributed by atoms with Crippen molar-refractivity contribution >= 4 is 5.91 Å². The monoisotopic (exact) mass is 232 g/mol. The third-order valence-electron chi connectivity index (χ3n) is 3.37. The fourth-order valence-corrected chi connectivity index (χ4v) is 2.52. The van der Waals surface area contributed by atoms with Crippen molar-refractivity contribution in [2.75, 3.05) is 13.1 Å². The fourth-order valence-electron chi connectivity index (χ4n) is 2.52. The van der Waals surface area contributed by atoms with Gasteiger partial charge in [0.25, 0.3) is 0 Å². The molecule has 92 valence electrons. The number of rotatable bonds is 3. The summed E-state index contributed by atoms with van der Waals surface area (Å²) in [5.74, 6) is 0.195. The normalized spacial score (nSPS) is 20.3. The third kappa shape index (κ3) is 2.86. The number of nitrogens with zero attached hydrogens (tertiary/aromatic N) is 1. The number of likely N-dealkylation sites (tertiary alicyclic amines) is 1. The molecule has 3 heteroatoms. The molecule has 1 aliphatic heterocycles.